The average molecular weight is 420 g/mol. The predicted octanol–water partition coefficient (Wildman–Crippen LogP) is 0.568. The summed E-state index contributed by atoms with van der Waals surface area (Å²) >= 11 is 0. The molecule has 2 atom stereocenters. The topological polar surface area (TPSA) is 109 Å². The van der Waals surface area contributed by atoms with Crippen LogP contribution in [0.5, 0.6) is 0 Å². The zero-order valence-electron chi connectivity index (χ0n) is 18.1. The van der Waals surface area contributed by atoms with Gasteiger partial charge in [0.15, 0.2) is 0 Å². The number of ether oxygens (including phenoxy) is 1. The lowest BCUT2D eigenvalue weighted by Gasteiger charge is -2.52. The average Bonchev–Trinajstić information content (AvgIpc) is 3.47. The van der Waals surface area contributed by atoms with Crippen LogP contribution in [-0.4, -0.2) is 75.1 Å². The third-order valence-electron chi connectivity index (χ3n) is 6.75. The summed E-state index contributed by atoms with van der Waals surface area (Å²) in [7, 11) is 1.83. The van der Waals surface area contributed by atoms with Crippen LogP contribution in [0.1, 0.15) is 44.7 Å². The summed E-state index contributed by atoms with van der Waals surface area (Å²) in [6.45, 7) is 5.82. The molecule has 2 saturated heterocycles. The van der Waals surface area contributed by atoms with E-state index in [4.69, 9.17) is 4.74 Å². The number of rotatable bonds is 5. The van der Waals surface area contributed by atoms with Crippen molar-refractivity contribution in [3.05, 3.63) is 11.9 Å². The number of amides is 2. The Bertz CT molecular complexity index is 812. The second-order valence-electron chi connectivity index (χ2n) is 9.49. The lowest BCUT2D eigenvalue weighted by atomic mass is 9.74. The Morgan fingerprint density at radius 1 is 1.33 bits per heavy atom. The molecular formula is C21H33N5O4. The van der Waals surface area contributed by atoms with E-state index in [9.17, 15) is 14.7 Å². The molecule has 0 aromatic carbocycles. The van der Waals surface area contributed by atoms with Crippen LogP contribution in [0.3, 0.4) is 0 Å². The number of aromatic nitrogens is 2. The maximum Gasteiger partial charge on any atom is 0.238 e. The highest BCUT2D eigenvalue weighted by Crippen LogP contribution is 2.40. The minimum absolute atomic E-state index is 0.0494. The Morgan fingerprint density at radius 2 is 2.03 bits per heavy atom. The van der Waals surface area contributed by atoms with Crippen molar-refractivity contribution in [2.45, 2.75) is 63.2 Å². The fourth-order valence-corrected chi connectivity index (χ4v) is 4.69. The van der Waals surface area contributed by atoms with Crippen LogP contribution in [0.4, 0.5) is 5.69 Å². The van der Waals surface area contributed by atoms with Crippen molar-refractivity contribution in [2.75, 3.05) is 31.6 Å². The molecule has 0 unspecified atom stereocenters. The van der Waals surface area contributed by atoms with Crippen LogP contribution in [0.15, 0.2) is 6.20 Å². The molecule has 3 N–H and O–H groups in total. The minimum Gasteiger partial charge on any atom is -0.388 e. The Morgan fingerprint density at radius 3 is 2.63 bits per heavy atom. The molecule has 30 heavy (non-hydrogen) atoms. The van der Waals surface area contributed by atoms with Crippen molar-refractivity contribution in [1.82, 2.24) is 20.0 Å². The number of likely N-dealkylation sites (tertiary alicyclic amines) is 1. The fourth-order valence-electron chi connectivity index (χ4n) is 4.69. The Labute approximate surface area is 177 Å². The third-order valence-corrected chi connectivity index (χ3v) is 6.75. The van der Waals surface area contributed by atoms with Gasteiger partial charge in [0.05, 0.1) is 35.7 Å². The molecule has 3 heterocycles. The molecule has 2 amide bonds. The molecule has 9 heteroatoms. The summed E-state index contributed by atoms with van der Waals surface area (Å²) in [6, 6.07) is 0. The molecule has 3 fully saturated rings. The first-order chi connectivity index (χ1) is 14.2. The number of carbonyl (C=O) groups excluding carboxylic acids is 2. The number of nitrogens with zero attached hydrogens (tertiary/aromatic N) is 3. The summed E-state index contributed by atoms with van der Waals surface area (Å²) in [6.07, 6.45) is 5.11. The highest BCUT2D eigenvalue weighted by molar-refractivity contribution is 5.92. The van der Waals surface area contributed by atoms with Gasteiger partial charge in [-0.3, -0.25) is 19.2 Å². The first-order valence-electron chi connectivity index (χ1n) is 10.8. The van der Waals surface area contributed by atoms with Gasteiger partial charge in [0.25, 0.3) is 0 Å². The molecule has 3 aliphatic rings. The quantitative estimate of drug-likeness (QED) is 0.644. The highest BCUT2D eigenvalue weighted by atomic mass is 16.5. The molecule has 4 rings (SSSR count). The van der Waals surface area contributed by atoms with Crippen molar-refractivity contribution in [3.63, 3.8) is 0 Å². The van der Waals surface area contributed by atoms with Gasteiger partial charge < -0.3 is 20.5 Å². The van der Waals surface area contributed by atoms with Crippen molar-refractivity contribution in [3.8, 4) is 0 Å². The molecule has 9 nitrogen and oxygen atoms in total. The van der Waals surface area contributed by atoms with E-state index in [0.29, 0.717) is 13.0 Å². The van der Waals surface area contributed by atoms with Crippen LogP contribution in [0.25, 0.3) is 0 Å². The standard InChI is InChI=1S/C21H33N5O4/c1-14-16(10-25(3)24-14)22-18(28)11-26-8-6-21(7-9-26)13-20(2,17(27)12-30-21)23-19(29)15-4-5-15/h10,15,17,27H,4-9,11-13H2,1-3H3,(H,22,28)(H,23,29)/t17-,20-/m0/s1. The van der Waals surface area contributed by atoms with E-state index in [2.05, 4.69) is 20.6 Å². The Hall–Kier alpha value is -1.97. The van der Waals surface area contributed by atoms with Crippen LogP contribution in [0.2, 0.25) is 0 Å². The van der Waals surface area contributed by atoms with Crippen molar-refractivity contribution in [1.29, 1.82) is 0 Å². The van der Waals surface area contributed by atoms with Gasteiger partial charge in [-0.1, -0.05) is 0 Å². The van der Waals surface area contributed by atoms with Crippen LogP contribution < -0.4 is 10.6 Å². The number of hydrogen-bond acceptors (Lipinski definition) is 6. The summed E-state index contributed by atoms with van der Waals surface area (Å²) in [5, 5.41) is 20.8. The second kappa shape index (κ2) is 7.94. The maximum absolute atomic E-state index is 12.4. The van der Waals surface area contributed by atoms with Gasteiger partial charge in [-0.15, -0.1) is 0 Å². The van der Waals surface area contributed by atoms with E-state index in [-0.39, 0.29) is 29.9 Å². The smallest absolute Gasteiger partial charge is 0.238 e. The largest absolute Gasteiger partial charge is 0.388 e. The fraction of sp³-hybridized carbons (Fsp3) is 0.762. The van der Waals surface area contributed by atoms with E-state index >= 15 is 0 Å². The van der Waals surface area contributed by atoms with Gasteiger partial charge in [0.1, 0.15) is 6.10 Å². The van der Waals surface area contributed by atoms with E-state index in [0.717, 1.165) is 50.2 Å². The van der Waals surface area contributed by atoms with Crippen molar-refractivity contribution < 1.29 is 19.4 Å². The van der Waals surface area contributed by atoms with E-state index < -0.39 is 11.6 Å². The van der Waals surface area contributed by atoms with E-state index in [1.807, 2.05) is 20.9 Å². The number of aliphatic hydroxyl groups is 1. The number of piperidine rings is 1. The third kappa shape index (κ3) is 4.53. The zero-order chi connectivity index (χ0) is 21.5. The van der Waals surface area contributed by atoms with Gasteiger partial charge in [0, 0.05) is 38.7 Å². The molecule has 0 bridgehead atoms. The van der Waals surface area contributed by atoms with Gasteiger partial charge in [-0.25, -0.2) is 0 Å². The molecule has 166 valence electrons. The van der Waals surface area contributed by atoms with Gasteiger partial charge in [0.2, 0.25) is 11.8 Å². The highest BCUT2D eigenvalue weighted by Gasteiger charge is 2.51. The first kappa shape index (κ1) is 21.3. The number of anilines is 1. The summed E-state index contributed by atoms with van der Waals surface area (Å²) < 4.78 is 7.78. The summed E-state index contributed by atoms with van der Waals surface area (Å²) in [5.41, 5.74) is 0.500. The molecule has 1 spiro atoms. The van der Waals surface area contributed by atoms with Crippen LogP contribution in [-0.2, 0) is 21.4 Å². The van der Waals surface area contributed by atoms with Gasteiger partial charge in [-0.05, 0) is 39.5 Å². The number of aryl methyl sites for hydroxylation is 2. The van der Waals surface area contributed by atoms with Crippen molar-refractivity contribution >= 4 is 17.5 Å². The number of aliphatic hydroxyl groups excluding tert-OH is 1. The van der Waals surface area contributed by atoms with Gasteiger partial charge in [-0.2, -0.15) is 5.10 Å². The van der Waals surface area contributed by atoms with Crippen LogP contribution >= 0.6 is 0 Å². The zero-order valence-corrected chi connectivity index (χ0v) is 18.1. The summed E-state index contributed by atoms with van der Waals surface area (Å²) in [4.78, 5) is 26.9. The number of carbonyl (C=O) groups is 2. The van der Waals surface area contributed by atoms with Gasteiger partial charge >= 0.3 is 0 Å². The molecular weight excluding hydrogens is 386 g/mol. The normalized spacial score (nSPS) is 29.0. The second-order valence-corrected chi connectivity index (χ2v) is 9.49. The molecule has 1 aromatic rings. The Kier molecular flexibility index (Phi) is 5.63. The molecule has 1 saturated carbocycles. The molecule has 1 aliphatic carbocycles. The molecule has 2 aliphatic heterocycles. The monoisotopic (exact) mass is 419 g/mol. The van der Waals surface area contributed by atoms with Crippen LogP contribution in [0, 0.1) is 12.8 Å². The lowest BCUT2D eigenvalue weighted by molar-refractivity contribution is -0.181. The lowest BCUT2D eigenvalue weighted by Crippen LogP contribution is -2.66. The Balaban J connectivity index is 1.31. The molecule has 1 aromatic heterocycles. The predicted molar refractivity (Wildman–Crippen MR) is 111 cm³/mol. The SMILES string of the molecule is Cc1nn(C)cc1NC(=O)CN1CCC2(CC1)C[C@](C)(NC(=O)C1CC1)[C@@H](O)CO2. The van der Waals surface area contributed by atoms with Crippen molar-refractivity contribution in [2.24, 2.45) is 13.0 Å². The number of nitrogens with one attached hydrogen (secondary N) is 2. The van der Waals surface area contributed by atoms with E-state index in [1.54, 1.807) is 10.9 Å². The maximum atomic E-state index is 12.4. The first-order valence-corrected chi connectivity index (χ1v) is 10.8. The number of hydrogen-bond donors (Lipinski definition) is 3. The minimum atomic E-state index is -0.711. The summed E-state index contributed by atoms with van der Waals surface area (Å²) in [5.74, 6) is 0.105. The molecule has 0 radical (unpaired) electrons. The van der Waals surface area contributed by atoms with E-state index in [1.165, 1.54) is 0 Å².